The molecule has 0 radical (unpaired) electrons. The first kappa shape index (κ1) is 12.3. The summed E-state index contributed by atoms with van der Waals surface area (Å²) < 4.78 is 0. The van der Waals surface area contributed by atoms with Crippen LogP contribution in [0.5, 0.6) is 0 Å². The molecule has 1 amide bonds. The lowest BCUT2D eigenvalue weighted by Crippen LogP contribution is -2.15. The van der Waals surface area contributed by atoms with Crippen LogP contribution in [0.3, 0.4) is 0 Å². The highest BCUT2D eigenvalue weighted by Crippen LogP contribution is 2.21. The van der Waals surface area contributed by atoms with Crippen molar-refractivity contribution in [3.8, 4) is 0 Å². The second-order valence-electron chi connectivity index (χ2n) is 4.50. The van der Waals surface area contributed by atoms with Crippen LogP contribution in [0, 0.1) is 6.92 Å². The third-order valence-electron chi connectivity index (χ3n) is 3.12. The van der Waals surface area contributed by atoms with E-state index < -0.39 is 0 Å². The van der Waals surface area contributed by atoms with Crippen LogP contribution < -0.4 is 5.32 Å². The molecule has 0 aliphatic carbocycles. The van der Waals surface area contributed by atoms with E-state index >= 15 is 0 Å². The van der Waals surface area contributed by atoms with E-state index in [0.717, 1.165) is 16.3 Å². The van der Waals surface area contributed by atoms with Crippen molar-refractivity contribution in [2.75, 3.05) is 5.32 Å². The van der Waals surface area contributed by atoms with Crippen LogP contribution in [0.1, 0.15) is 16.1 Å². The van der Waals surface area contributed by atoms with Gasteiger partial charge in [0.1, 0.15) is 11.5 Å². The predicted octanol–water partition coefficient (Wildman–Crippen LogP) is 3.19. The van der Waals surface area contributed by atoms with Crippen molar-refractivity contribution in [3.63, 3.8) is 0 Å². The summed E-state index contributed by atoms with van der Waals surface area (Å²) in [6, 6.07) is 13.2. The highest BCUT2D eigenvalue weighted by Gasteiger charge is 2.13. The zero-order valence-corrected chi connectivity index (χ0v) is 11.0. The highest BCUT2D eigenvalue weighted by molar-refractivity contribution is 6.11. The third-order valence-corrected chi connectivity index (χ3v) is 3.12. The minimum atomic E-state index is -0.247. The Kier molecular flexibility index (Phi) is 3.13. The number of nitrogens with zero attached hydrogens (tertiary/aromatic N) is 2. The first-order valence-electron chi connectivity index (χ1n) is 6.32. The predicted molar refractivity (Wildman–Crippen MR) is 78.7 cm³/mol. The smallest absolute Gasteiger partial charge is 0.276 e. The van der Waals surface area contributed by atoms with E-state index in [9.17, 15) is 4.79 Å². The molecule has 0 aliphatic heterocycles. The molecule has 2 heterocycles. The SMILES string of the molecule is Cc1cccc2ccnc(C(=O)Nc3ccccn3)c12. The molecular weight excluding hydrogens is 250 g/mol. The summed E-state index contributed by atoms with van der Waals surface area (Å²) in [5, 5.41) is 4.65. The van der Waals surface area contributed by atoms with Gasteiger partial charge in [0.25, 0.3) is 5.91 Å². The third kappa shape index (κ3) is 2.23. The van der Waals surface area contributed by atoms with Crippen LogP contribution in [0.4, 0.5) is 5.82 Å². The fourth-order valence-corrected chi connectivity index (χ4v) is 2.19. The Hall–Kier alpha value is -2.75. The molecule has 3 rings (SSSR count). The quantitative estimate of drug-likeness (QED) is 0.772. The van der Waals surface area contributed by atoms with Gasteiger partial charge >= 0.3 is 0 Å². The standard InChI is InChI=1S/C16H13N3O/c1-11-5-4-6-12-8-10-18-15(14(11)12)16(20)19-13-7-2-3-9-17-13/h2-10H,1H3,(H,17,19,20). The van der Waals surface area contributed by atoms with Crippen molar-refractivity contribution in [1.82, 2.24) is 9.97 Å². The van der Waals surface area contributed by atoms with Crippen molar-refractivity contribution >= 4 is 22.5 Å². The number of rotatable bonds is 2. The topological polar surface area (TPSA) is 54.9 Å². The number of benzene rings is 1. The van der Waals surface area contributed by atoms with E-state index in [1.165, 1.54) is 0 Å². The number of anilines is 1. The van der Waals surface area contributed by atoms with Crippen molar-refractivity contribution in [3.05, 3.63) is 66.1 Å². The van der Waals surface area contributed by atoms with Crippen LogP contribution >= 0.6 is 0 Å². The lowest BCUT2D eigenvalue weighted by molar-refractivity contribution is 0.102. The van der Waals surface area contributed by atoms with Gasteiger partial charge < -0.3 is 5.32 Å². The van der Waals surface area contributed by atoms with Crippen molar-refractivity contribution in [2.45, 2.75) is 6.92 Å². The fraction of sp³-hybridized carbons (Fsp3) is 0.0625. The van der Waals surface area contributed by atoms with Crippen LogP contribution in [0.25, 0.3) is 10.8 Å². The van der Waals surface area contributed by atoms with Gasteiger partial charge in [-0.15, -0.1) is 0 Å². The summed E-state index contributed by atoms with van der Waals surface area (Å²) in [5.74, 6) is 0.272. The first-order chi connectivity index (χ1) is 9.75. The summed E-state index contributed by atoms with van der Waals surface area (Å²) >= 11 is 0. The van der Waals surface area contributed by atoms with Crippen LogP contribution in [0.2, 0.25) is 0 Å². The van der Waals surface area contributed by atoms with Gasteiger partial charge in [0.05, 0.1) is 0 Å². The molecule has 0 fully saturated rings. The van der Waals surface area contributed by atoms with Crippen molar-refractivity contribution in [2.24, 2.45) is 0 Å². The molecule has 0 unspecified atom stereocenters. The van der Waals surface area contributed by atoms with E-state index in [2.05, 4.69) is 15.3 Å². The zero-order valence-electron chi connectivity index (χ0n) is 11.0. The molecule has 2 aromatic heterocycles. The summed E-state index contributed by atoms with van der Waals surface area (Å²) in [6.07, 6.45) is 3.28. The van der Waals surface area contributed by atoms with E-state index in [1.807, 2.05) is 37.3 Å². The van der Waals surface area contributed by atoms with E-state index in [1.54, 1.807) is 24.5 Å². The molecule has 0 aliphatic rings. The molecule has 0 saturated carbocycles. The Bertz CT molecular complexity index is 764. The number of aromatic nitrogens is 2. The van der Waals surface area contributed by atoms with Crippen molar-refractivity contribution < 1.29 is 4.79 Å². The first-order valence-corrected chi connectivity index (χ1v) is 6.32. The number of hydrogen-bond acceptors (Lipinski definition) is 3. The molecule has 1 aromatic carbocycles. The Morgan fingerprint density at radius 1 is 1.00 bits per heavy atom. The van der Waals surface area contributed by atoms with Crippen LogP contribution in [0.15, 0.2) is 54.9 Å². The number of carbonyl (C=O) groups is 1. The van der Waals surface area contributed by atoms with Gasteiger partial charge in [0.2, 0.25) is 0 Å². The van der Waals surface area contributed by atoms with E-state index in [-0.39, 0.29) is 5.91 Å². The molecule has 20 heavy (non-hydrogen) atoms. The Balaban J connectivity index is 2.04. The van der Waals surface area contributed by atoms with Gasteiger partial charge in [0.15, 0.2) is 0 Å². The van der Waals surface area contributed by atoms with Gasteiger partial charge in [-0.1, -0.05) is 24.3 Å². The lowest BCUT2D eigenvalue weighted by Gasteiger charge is -2.08. The van der Waals surface area contributed by atoms with Gasteiger partial charge in [-0.2, -0.15) is 0 Å². The van der Waals surface area contributed by atoms with Crippen LogP contribution in [-0.4, -0.2) is 15.9 Å². The highest BCUT2D eigenvalue weighted by atomic mass is 16.1. The number of fused-ring (bicyclic) bond motifs is 1. The molecule has 98 valence electrons. The zero-order chi connectivity index (χ0) is 13.9. The number of aryl methyl sites for hydroxylation is 1. The molecule has 0 saturated heterocycles. The van der Waals surface area contributed by atoms with E-state index in [0.29, 0.717) is 11.5 Å². The largest absolute Gasteiger partial charge is 0.305 e. The number of hydrogen-bond donors (Lipinski definition) is 1. The normalized spacial score (nSPS) is 10.4. The maximum atomic E-state index is 12.4. The van der Waals surface area contributed by atoms with Gasteiger partial charge in [-0.3, -0.25) is 9.78 Å². The number of carbonyl (C=O) groups excluding carboxylic acids is 1. The molecule has 4 heteroatoms. The molecule has 3 aromatic rings. The van der Waals surface area contributed by atoms with Crippen molar-refractivity contribution in [1.29, 1.82) is 0 Å². The fourth-order valence-electron chi connectivity index (χ4n) is 2.19. The molecule has 4 nitrogen and oxygen atoms in total. The molecule has 0 bridgehead atoms. The minimum Gasteiger partial charge on any atom is -0.305 e. The number of nitrogens with one attached hydrogen (secondary N) is 1. The van der Waals surface area contributed by atoms with Gasteiger partial charge in [-0.05, 0) is 36.1 Å². The molecular formula is C16H13N3O. The summed E-state index contributed by atoms with van der Waals surface area (Å²) in [7, 11) is 0. The minimum absolute atomic E-state index is 0.247. The second kappa shape index (κ2) is 5.09. The second-order valence-corrected chi connectivity index (χ2v) is 4.50. The maximum Gasteiger partial charge on any atom is 0.276 e. The molecule has 1 N–H and O–H groups in total. The average molecular weight is 263 g/mol. The van der Waals surface area contributed by atoms with Gasteiger partial charge in [0, 0.05) is 17.8 Å². The summed E-state index contributed by atoms with van der Waals surface area (Å²) in [4.78, 5) is 20.7. The van der Waals surface area contributed by atoms with Crippen LogP contribution in [-0.2, 0) is 0 Å². The summed E-state index contributed by atoms with van der Waals surface area (Å²) in [6.45, 7) is 1.97. The summed E-state index contributed by atoms with van der Waals surface area (Å²) in [5.41, 5.74) is 1.45. The Morgan fingerprint density at radius 3 is 2.70 bits per heavy atom. The molecule has 0 spiro atoms. The monoisotopic (exact) mass is 263 g/mol. The lowest BCUT2D eigenvalue weighted by atomic mass is 10.0. The number of pyridine rings is 2. The molecule has 0 atom stereocenters. The Morgan fingerprint density at radius 2 is 1.90 bits per heavy atom. The average Bonchev–Trinajstić information content (AvgIpc) is 2.48. The Labute approximate surface area is 116 Å². The maximum absolute atomic E-state index is 12.4. The van der Waals surface area contributed by atoms with E-state index in [4.69, 9.17) is 0 Å². The number of amides is 1. The van der Waals surface area contributed by atoms with Gasteiger partial charge in [-0.25, -0.2) is 4.98 Å².